The third-order valence-corrected chi connectivity index (χ3v) is 6.58. The van der Waals surface area contributed by atoms with Crippen molar-refractivity contribution >= 4 is 20.9 Å². The summed E-state index contributed by atoms with van der Waals surface area (Å²) in [4.78, 5) is 3.32. The highest BCUT2D eigenvalue weighted by Gasteiger charge is 2.27. The normalized spacial score (nSPS) is 17.4. The van der Waals surface area contributed by atoms with E-state index in [4.69, 9.17) is 0 Å². The van der Waals surface area contributed by atoms with Crippen LogP contribution in [0.15, 0.2) is 41.3 Å². The average molecular weight is 376 g/mol. The predicted molar refractivity (Wildman–Crippen MR) is 95.5 cm³/mol. The number of rotatable bonds is 3. The van der Waals surface area contributed by atoms with Crippen molar-refractivity contribution < 1.29 is 17.2 Å². The molecule has 1 aliphatic rings. The Morgan fingerprint density at radius 3 is 2.62 bits per heavy atom. The van der Waals surface area contributed by atoms with Crippen LogP contribution in [0.2, 0.25) is 0 Å². The lowest BCUT2D eigenvalue weighted by Gasteiger charge is -2.24. The van der Waals surface area contributed by atoms with Crippen LogP contribution < -0.4 is 4.72 Å². The number of benzene rings is 2. The molecule has 1 heterocycles. The highest BCUT2D eigenvalue weighted by Crippen LogP contribution is 2.30. The third-order valence-electron chi connectivity index (χ3n) is 4.90. The fourth-order valence-corrected chi connectivity index (χ4v) is 5.19. The molecule has 1 unspecified atom stereocenters. The van der Waals surface area contributed by atoms with Gasteiger partial charge in [-0.3, -0.25) is 0 Å². The van der Waals surface area contributed by atoms with Crippen molar-refractivity contribution in [1.82, 2.24) is 9.71 Å². The summed E-state index contributed by atoms with van der Waals surface area (Å²) < 4.78 is 54.8. The number of hydrogen-bond acceptors (Lipinski definition) is 2. The second-order valence-electron chi connectivity index (χ2n) is 6.74. The molecule has 0 radical (unpaired) electrons. The minimum atomic E-state index is -3.74. The van der Waals surface area contributed by atoms with E-state index in [0.29, 0.717) is 24.8 Å². The minimum absolute atomic E-state index is 0.0886. The standard InChI is InChI=1S/C19H18F2N2O2S/c1-11-8-12(20)3-7-19(11)26(24,25)23-14-4-6-17-16(10-14)15-5-2-13(21)9-18(15)22-17/h2-3,5,7-9,14,22-23H,4,6,10H2,1H3. The van der Waals surface area contributed by atoms with E-state index in [1.54, 1.807) is 13.0 Å². The van der Waals surface area contributed by atoms with Crippen LogP contribution >= 0.6 is 0 Å². The molecule has 0 fully saturated rings. The Bertz CT molecular complexity index is 1110. The molecule has 0 saturated heterocycles. The Morgan fingerprint density at radius 2 is 1.85 bits per heavy atom. The topological polar surface area (TPSA) is 62.0 Å². The van der Waals surface area contributed by atoms with Gasteiger partial charge in [-0.1, -0.05) is 0 Å². The second kappa shape index (κ2) is 6.17. The molecule has 0 saturated carbocycles. The molecular formula is C19H18F2N2O2S. The van der Waals surface area contributed by atoms with Gasteiger partial charge in [0.1, 0.15) is 11.6 Å². The lowest BCUT2D eigenvalue weighted by molar-refractivity contribution is 0.506. The summed E-state index contributed by atoms with van der Waals surface area (Å²) in [6, 6.07) is 7.97. The largest absolute Gasteiger partial charge is 0.358 e. The minimum Gasteiger partial charge on any atom is -0.358 e. The van der Waals surface area contributed by atoms with Gasteiger partial charge in [-0.15, -0.1) is 0 Å². The number of fused-ring (bicyclic) bond motifs is 3. The first-order chi connectivity index (χ1) is 12.3. The predicted octanol–water partition coefficient (Wildman–Crippen LogP) is 3.59. The van der Waals surface area contributed by atoms with E-state index in [9.17, 15) is 17.2 Å². The molecule has 1 aliphatic carbocycles. The fourth-order valence-electron chi connectivity index (χ4n) is 3.70. The van der Waals surface area contributed by atoms with Crippen LogP contribution in [0, 0.1) is 18.6 Å². The van der Waals surface area contributed by atoms with Gasteiger partial charge in [0.05, 0.1) is 4.90 Å². The Hall–Kier alpha value is -2.25. The Labute approximate surface area is 150 Å². The molecule has 136 valence electrons. The number of nitrogens with one attached hydrogen (secondary N) is 2. The van der Waals surface area contributed by atoms with E-state index >= 15 is 0 Å². The zero-order valence-corrected chi connectivity index (χ0v) is 15.0. The number of aromatic amines is 1. The van der Waals surface area contributed by atoms with Gasteiger partial charge in [0, 0.05) is 22.6 Å². The van der Waals surface area contributed by atoms with Gasteiger partial charge < -0.3 is 4.98 Å². The van der Waals surface area contributed by atoms with Gasteiger partial charge >= 0.3 is 0 Å². The summed E-state index contributed by atoms with van der Waals surface area (Å²) in [6.07, 6.45) is 1.85. The summed E-state index contributed by atoms with van der Waals surface area (Å²) in [5, 5.41) is 0.920. The van der Waals surface area contributed by atoms with Crippen LogP contribution in [-0.2, 0) is 22.9 Å². The SMILES string of the molecule is Cc1cc(F)ccc1S(=O)(=O)NC1CCc2[nH]c3cc(F)ccc3c2C1. The Balaban J connectivity index is 1.62. The van der Waals surface area contributed by atoms with E-state index in [-0.39, 0.29) is 16.8 Å². The molecule has 26 heavy (non-hydrogen) atoms. The molecule has 1 atom stereocenters. The van der Waals surface area contributed by atoms with Gasteiger partial charge in [-0.25, -0.2) is 21.9 Å². The molecule has 2 aromatic carbocycles. The van der Waals surface area contributed by atoms with Crippen LogP contribution in [-0.4, -0.2) is 19.4 Å². The van der Waals surface area contributed by atoms with Crippen LogP contribution in [0.25, 0.3) is 10.9 Å². The molecular weight excluding hydrogens is 358 g/mol. The van der Waals surface area contributed by atoms with Gasteiger partial charge in [-0.2, -0.15) is 0 Å². The molecule has 4 nitrogen and oxygen atoms in total. The lowest BCUT2D eigenvalue weighted by atomic mass is 9.92. The summed E-state index contributed by atoms with van der Waals surface area (Å²) >= 11 is 0. The van der Waals surface area contributed by atoms with Crippen molar-refractivity contribution in [3.63, 3.8) is 0 Å². The molecule has 0 spiro atoms. The zero-order valence-electron chi connectivity index (χ0n) is 14.1. The van der Waals surface area contributed by atoms with Crippen LogP contribution in [0.1, 0.15) is 23.2 Å². The summed E-state index contributed by atoms with van der Waals surface area (Å²) in [5.74, 6) is -0.769. The summed E-state index contributed by atoms with van der Waals surface area (Å²) in [5.41, 5.74) is 3.15. The zero-order chi connectivity index (χ0) is 18.5. The highest BCUT2D eigenvalue weighted by atomic mass is 32.2. The van der Waals surface area contributed by atoms with Crippen molar-refractivity contribution in [3.8, 4) is 0 Å². The number of H-pyrrole nitrogens is 1. The van der Waals surface area contributed by atoms with E-state index in [0.717, 1.165) is 28.2 Å². The molecule has 0 amide bonds. The summed E-state index contributed by atoms with van der Waals surface area (Å²) in [7, 11) is -3.74. The smallest absolute Gasteiger partial charge is 0.241 e. The molecule has 0 bridgehead atoms. The molecule has 4 rings (SSSR count). The molecule has 1 aromatic heterocycles. The van der Waals surface area contributed by atoms with E-state index in [1.807, 2.05) is 0 Å². The monoisotopic (exact) mass is 376 g/mol. The summed E-state index contributed by atoms with van der Waals surface area (Å²) in [6.45, 7) is 1.57. The van der Waals surface area contributed by atoms with Gasteiger partial charge in [0.15, 0.2) is 0 Å². The average Bonchev–Trinajstić information content (AvgIpc) is 2.90. The quantitative estimate of drug-likeness (QED) is 0.734. The van der Waals surface area contributed by atoms with Crippen molar-refractivity contribution in [1.29, 1.82) is 0 Å². The van der Waals surface area contributed by atoms with Crippen molar-refractivity contribution in [2.45, 2.75) is 37.1 Å². The van der Waals surface area contributed by atoms with E-state index < -0.39 is 15.8 Å². The number of hydrogen-bond donors (Lipinski definition) is 2. The first-order valence-electron chi connectivity index (χ1n) is 8.41. The third kappa shape index (κ3) is 3.01. The Kier molecular flexibility index (Phi) is 4.08. The van der Waals surface area contributed by atoms with Gasteiger partial charge in [-0.05, 0) is 73.7 Å². The van der Waals surface area contributed by atoms with Crippen molar-refractivity contribution in [3.05, 3.63) is 64.9 Å². The molecule has 3 aromatic rings. The van der Waals surface area contributed by atoms with Crippen LogP contribution in [0.5, 0.6) is 0 Å². The van der Waals surface area contributed by atoms with Crippen LogP contribution in [0.3, 0.4) is 0 Å². The van der Waals surface area contributed by atoms with E-state index in [2.05, 4.69) is 9.71 Å². The van der Waals surface area contributed by atoms with Crippen molar-refractivity contribution in [2.75, 3.05) is 0 Å². The first kappa shape index (κ1) is 17.2. The first-order valence-corrected chi connectivity index (χ1v) is 9.89. The Morgan fingerprint density at radius 1 is 1.12 bits per heavy atom. The fraction of sp³-hybridized carbons (Fsp3) is 0.263. The molecule has 0 aliphatic heterocycles. The highest BCUT2D eigenvalue weighted by molar-refractivity contribution is 7.89. The maximum Gasteiger partial charge on any atom is 0.241 e. The van der Waals surface area contributed by atoms with Gasteiger partial charge in [0.25, 0.3) is 0 Å². The lowest BCUT2D eigenvalue weighted by Crippen LogP contribution is -2.39. The molecule has 2 N–H and O–H groups in total. The van der Waals surface area contributed by atoms with Crippen molar-refractivity contribution in [2.24, 2.45) is 0 Å². The number of halogens is 2. The second-order valence-corrected chi connectivity index (χ2v) is 8.43. The van der Waals surface area contributed by atoms with Gasteiger partial charge in [0.2, 0.25) is 10.0 Å². The maximum atomic E-state index is 13.4. The number of aryl methyl sites for hydroxylation is 2. The van der Waals surface area contributed by atoms with Crippen LogP contribution in [0.4, 0.5) is 8.78 Å². The number of aromatic nitrogens is 1. The maximum absolute atomic E-state index is 13.4. The molecule has 7 heteroatoms. The number of sulfonamides is 1. The van der Waals surface area contributed by atoms with E-state index in [1.165, 1.54) is 24.3 Å².